The number of hydrogen-bond donors (Lipinski definition) is 1. The number of rotatable bonds is 3. The molecule has 2 aromatic rings. The molecule has 0 saturated carbocycles. The van der Waals surface area contributed by atoms with Crippen LogP contribution in [0.2, 0.25) is 0 Å². The lowest BCUT2D eigenvalue weighted by Gasteiger charge is -2.04. The minimum Gasteiger partial charge on any atom is -0.480 e. The summed E-state index contributed by atoms with van der Waals surface area (Å²) in [6.45, 7) is 0. The molecule has 0 atom stereocenters. The lowest BCUT2D eigenvalue weighted by Crippen LogP contribution is -1.99. The van der Waals surface area contributed by atoms with Crippen LogP contribution in [0.15, 0.2) is 12.4 Å². The highest BCUT2D eigenvalue weighted by atomic mass is 16.5. The van der Waals surface area contributed by atoms with Crippen LogP contribution >= 0.6 is 0 Å². The molecule has 0 unspecified atom stereocenters. The Balaban J connectivity index is 2.71. The smallest absolute Gasteiger partial charge is 0.232 e. The summed E-state index contributed by atoms with van der Waals surface area (Å²) in [5, 5.41) is 2.89. The predicted octanol–water partition coefficient (Wildman–Crippen LogP) is 0.592. The quantitative estimate of drug-likeness (QED) is 0.744. The molecule has 0 aliphatic carbocycles. The zero-order valence-electron chi connectivity index (χ0n) is 8.39. The standard InChI is InChI=1S/C9H10N4O2/c1-10-8-9-11-6(5-14)3-13(9)4-7(12-8)15-2/h3-5H,1-2H3,(H,10,12). The Morgan fingerprint density at radius 1 is 1.47 bits per heavy atom. The summed E-state index contributed by atoms with van der Waals surface area (Å²) in [7, 11) is 3.27. The first-order valence-electron chi connectivity index (χ1n) is 4.35. The summed E-state index contributed by atoms with van der Waals surface area (Å²) in [5.41, 5.74) is 0.960. The van der Waals surface area contributed by atoms with Gasteiger partial charge in [-0.3, -0.25) is 9.20 Å². The molecule has 2 rings (SSSR count). The Kier molecular flexibility index (Phi) is 2.24. The van der Waals surface area contributed by atoms with E-state index in [0.29, 0.717) is 29.3 Å². The summed E-state index contributed by atoms with van der Waals surface area (Å²) in [4.78, 5) is 18.8. The lowest BCUT2D eigenvalue weighted by molar-refractivity contribution is 0.111. The second-order valence-corrected chi connectivity index (χ2v) is 2.90. The zero-order valence-corrected chi connectivity index (χ0v) is 8.39. The molecule has 0 bridgehead atoms. The molecule has 0 spiro atoms. The summed E-state index contributed by atoms with van der Waals surface area (Å²) in [6, 6.07) is 0. The number of ether oxygens (including phenoxy) is 1. The monoisotopic (exact) mass is 206 g/mol. The number of aromatic nitrogens is 3. The molecule has 0 aliphatic rings. The third kappa shape index (κ3) is 1.50. The summed E-state index contributed by atoms with van der Waals surface area (Å²) >= 11 is 0. The van der Waals surface area contributed by atoms with Crippen molar-refractivity contribution in [3.8, 4) is 5.88 Å². The molecule has 1 N–H and O–H groups in total. The van der Waals surface area contributed by atoms with Crippen LogP contribution in [0.1, 0.15) is 10.5 Å². The summed E-state index contributed by atoms with van der Waals surface area (Å²) in [5.74, 6) is 1.03. The SMILES string of the molecule is CNc1nc(OC)cn2cc(C=O)nc12. The Bertz CT molecular complexity index is 506. The van der Waals surface area contributed by atoms with Crippen molar-refractivity contribution in [2.45, 2.75) is 0 Å². The van der Waals surface area contributed by atoms with Gasteiger partial charge < -0.3 is 10.1 Å². The van der Waals surface area contributed by atoms with Crippen LogP contribution in [-0.2, 0) is 0 Å². The molecular weight excluding hydrogens is 196 g/mol. The first-order chi connectivity index (χ1) is 7.28. The van der Waals surface area contributed by atoms with E-state index in [1.54, 1.807) is 23.8 Å². The number of imidazole rings is 1. The average Bonchev–Trinajstić information content (AvgIpc) is 2.70. The van der Waals surface area contributed by atoms with E-state index in [9.17, 15) is 4.79 Å². The van der Waals surface area contributed by atoms with Gasteiger partial charge in [0.05, 0.1) is 13.3 Å². The Labute approximate surface area is 85.9 Å². The largest absolute Gasteiger partial charge is 0.480 e. The molecule has 78 valence electrons. The third-order valence-electron chi connectivity index (χ3n) is 2.00. The topological polar surface area (TPSA) is 68.5 Å². The van der Waals surface area contributed by atoms with Crippen molar-refractivity contribution >= 4 is 17.8 Å². The van der Waals surface area contributed by atoms with Gasteiger partial charge in [-0.15, -0.1) is 0 Å². The van der Waals surface area contributed by atoms with E-state index in [0.717, 1.165) is 0 Å². The van der Waals surface area contributed by atoms with Gasteiger partial charge in [-0.1, -0.05) is 0 Å². The fourth-order valence-corrected chi connectivity index (χ4v) is 1.32. The first kappa shape index (κ1) is 9.45. The van der Waals surface area contributed by atoms with Crippen molar-refractivity contribution in [3.63, 3.8) is 0 Å². The van der Waals surface area contributed by atoms with Gasteiger partial charge >= 0.3 is 0 Å². The second kappa shape index (κ2) is 3.56. The van der Waals surface area contributed by atoms with Crippen LogP contribution < -0.4 is 10.1 Å². The molecule has 0 aliphatic heterocycles. The molecule has 0 radical (unpaired) electrons. The van der Waals surface area contributed by atoms with Crippen molar-refractivity contribution in [2.75, 3.05) is 19.5 Å². The molecule has 0 fully saturated rings. The van der Waals surface area contributed by atoms with Gasteiger partial charge in [0.2, 0.25) is 5.88 Å². The van der Waals surface area contributed by atoms with E-state index >= 15 is 0 Å². The first-order valence-corrected chi connectivity index (χ1v) is 4.35. The van der Waals surface area contributed by atoms with Crippen molar-refractivity contribution in [3.05, 3.63) is 18.1 Å². The third-order valence-corrected chi connectivity index (χ3v) is 2.00. The minimum atomic E-state index is 0.363. The molecule has 0 amide bonds. The molecule has 6 nitrogen and oxygen atoms in total. The van der Waals surface area contributed by atoms with E-state index < -0.39 is 0 Å². The van der Waals surface area contributed by atoms with E-state index in [1.807, 2.05) is 0 Å². The Morgan fingerprint density at radius 2 is 2.27 bits per heavy atom. The molecule has 6 heteroatoms. The highest BCUT2D eigenvalue weighted by molar-refractivity contribution is 5.75. The molecule has 15 heavy (non-hydrogen) atoms. The molecule has 0 aromatic carbocycles. The number of anilines is 1. The van der Waals surface area contributed by atoms with Crippen molar-refractivity contribution in [2.24, 2.45) is 0 Å². The average molecular weight is 206 g/mol. The second-order valence-electron chi connectivity index (χ2n) is 2.90. The van der Waals surface area contributed by atoms with Gasteiger partial charge in [-0.25, -0.2) is 4.98 Å². The van der Waals surface area contributed by atoms with Crippen molar-refractivity contribution < 1.29 is 9.53 Å². The van der Waals surface area contributed by atoms with Crippen LogP contribution in [0.4, 0.5) is 5.82 Å². The molecule has 2 aromatic heterocycles. The van der Waals surface area contributed by atoms with E-state index in [4.69, 9.17) is 4.74 Å². The molecular formula is C9H10N4O2. The number of carbonyl (C=O) groups excluding carboxylic acids is 1. The highest BCUT2D eigenvalue weighted by Gasteiger charge is 2.08. The number of carbonyl (C=O) groups is 1. The van der Waals surface area contributed by atoms with Crippen LogP contribution in [-0.4, -0.2) is 34.8 Å². The van der Waals surface area contributed by atoms with Crippen LogP contribution in [0.3, 0.4) is 0 Å². The number of hydrogen-bond acceptors (Lipinski definition) is 5. The van der Waals surface area contributed by atoms with E-state index in [1.165, 1.54) is 7.11 Å². The van der Waals surface area contributed by atoms with Crippen LogP contribution in [0, 0.1) is 0 Å². The fraction of sp³-hybridized carbons (Fsp3) is 0.222. The maximum atomic E-state index is 10.6. The lowest BCUT2D eigenvalue weighted by atomic mass is 10.5. The van der Waals surface area contributed by atoms with Crippen LogP contribution in [0.25, 0.3) is 5.65 Å². The zero-order chi connectivity index (χ0) is 10.8. The number of aldehydes is 1. The maximum Gasteiger partial charge on any atom is 0.232 e. The number of methoxy groups -OCH3 is 1. The fourth-order valence-electron chi connectivity index (χ4n) is 1.32. The van der Waals surface area contributed by atoms with Gasteiger partial charge in [0.25, 0.3) is 0 Å². The maximum absolute atomic E-state index is 10.6. The van der Waals surface area contributed by atoms with Gasteiger partial charge in [0, 0.05) is 13.2 Å². The molecule has 0 saturated heterocycles. The number of nitrogens with one attached hydrogen (secondary N) is 1. The Hall–Kier alpha value is -2.11. The highest BCUT2D eigenvalue weighted by Crippen LogP contribution is 2.17. The predicted molar refractivity (Wildman–Crippen MR) is 54.5 cm³/mol. The number of fused-ring (bicyclic) bond motifs is 1. The van der Waals surface area contributed by atoms with Gasteiger partial charge in [-0.2, -0.15) is 4.98 Å². The normalized spacial score (nSPS) is 10.3. The van der Waals surface area contributed by atoms with Gasteiger partial charge in [0.1, 0.15) is 5.69 Å². The summed E-state index contributed by atoms with van der Waals surface area (Å²) < 4.78 is 6.72. The minimum absolute atomic E-state index is 0.363. The van der Waals surface area contributed by atoms with Gasteiger partial charge in [0.15, 0.2) is 17.8 Å². The van der Waals surface area contributed by atoms with Gasteiger partial charge in [-0.05, 0) is 0 Å². The molecule has 2 heterocycles. The van der Waals surface area contributed by atoms with E-state index in [-0.39, 0.29) is 0 Å². The van der Waals surface area contributed by atoms with Crippen molar-refractivity contribution in [1.82, 2.24) is 14.4 Å². The summed E-state index contributed by atoms with van der Waals surface area (Å²) in [6.07, 6.45) is 3.97. The van der Waals surface area contributed by atoms with Crippen molar-refractivity contribution in [1.29, 1.82) is 0 Å². The Morgan fingerprint density at radius 3 is 2.87 bits per heavy atom. The van der Waals surface area contributed by atoms with E-state index in [2.05, 4.69) is 15.3 Å². The van der Waals surface area contributed by atoms with Crippen LogP contribution in [0.5, 0.6) is 5.88 Å². The number of nitrogens with zero attached hydrogens (tertiary/aromatic N) is 3.